The maximum Gasteiger partial charge on any atom is 0.330 e. The monoisotopic (exact) mass is 348 g/mol. The molecule has 2 aromatic heterocycles. The summed E-state index contributed by atoms with van der Waals surface area (Å²) in [7, 11) is 3.61. The van der Waals surface area contributed by atoms with Crippen LogP contribution in [0.2, 0.25) is 5.28 Å². The van der Waals surface area contributed by atoms with Crippen LogP contribution in [0.3, 0.4) is 0 Å². The second kappa shape index (κ2) is 4.61. The second-order valence-electron chi connectivity index (χ2n) is 8.10. The van der Waals surface area contributed by atoms with Gasteiger partial charge in [-0.05, 0) is 55.5 Å². The first-order chi connectivity index (χ1) is 11.5. The molecule has 2 unspecified atom stereocenters. The lowest BCUT2D eigenvalue weighted by molar-refractivity contribution is -0.173. The average Bonchev–Trinajstić information content (AvgIpc) is 2.77. The molecular formula is C17H21ClN4O2. The number of methoxy groups -OCH3 is 1. The Labute approximate surface area is 144 Å². The molecule has 7 heteroatoms. The van der Waals surface area contributed by atoms with Crippen LogP contribution < -0.4 is 5.69 Å². The lowest BCUT2D eigenvalue weighted by atomic mass is 9.51. The standard InChI is InChI=1S/C17H21ClN4O2/c1-21-12-8-19-14(18)20-13(12)22(15(21)23)16-4-10-3-11(5-16)7-17(6-10,9-16)24-2/h8,10-11H,3-7,9H2,1-2H3. The Morgan fingerprint density at radius 1 is 1.29 bits per heavy atom. The fourth-order valence-corrected chi connectivity index (χ4v) is 6.28. The average molecular weight is 349 g/mol. The Bertz CT molecular complexity index is 888. The highest BCUT2D eigenvalue weighted by Gasteiger charge is 2.59. The van der Waals surface area contributed by atoms with Crippen molar-refractivity contribution < 1.29 is 4.74 Å². The van der Waals surface area contributed by atoms with Crippen molar-refractivity contribution in [1.82, 2.24) is 19.1 Å². The Morgan fingerprint density at radius 3 is 2.67 bits per heavy atom. The van der Waals surface area contributed by atoms with E-state index in [2.05, 4.69) is 9.97 Å². The van der Waals surface area contributed by atoms with Gasteiger partial charge in [0.2, 0.25) is 5.28 Å². The fourth-order valence-electron chi connectivity index (χ4n) is 6.15. The molecule has 2 atom stereocenters. The van der Waals surface area contributed by atoms with Gasteiger partial charge >= 0.3 is 5.69 Å². The van der Waals surface area contributed by atoms with Crippen LogP contribution in [0.15, 0.2) is 11.0 Å². The third kappa shape index (κ3) is 1.78. The number of nitrogens with zero attached hydrogens (tertiary/aromatic N) is 4. The van der Waals surface area contributed by atoms with Crippen LogP contribution in [-0.2, 0) is 17.3 Å². The van der Waals surface area contributed by atoms with E-state index in [1.165, 1.54) is 6.42 Å². The molecule has 2 heterocycles. The van der Waals surface area contributed by atoms with Crippen LogP contribution in [0.4, 0.5) is 0 Å². The van der Waals surface area contributed by atoms with Crippen molar-refractivity contribution in [3.8, 4) is 0 Å². The van der Waals surface area contributed by atoms with Gasteiger partial charge in [-0.2, -0.15) is 4.98 Å². The molecule has 24 heavy (non-hydrogen) atoms. The van der Waals surface area contributed by atoms with Crippen molar-refractivity contribution >= 4 is 22.8 Å². The van der Waals surface area contributed by atoms with Gasteiger partial charge in [0, 0.05) is 20.6 Å². The van der Waals surface area contributed by atoms with E-state index in [1.807, 2.05) is 11.7 Å². The molecular weight excluding hydrogens is 328 g/mol. The SMILES string of the molecule is COC12CC3CC(C1)CC(n1c(=O)n(C)c4cnc(Cl)nc41)(C3)C2. The third-order valence-corrected chi connectivity index (χ3v) is 6.84. The van der Waals surface area contributed by atoms with E-state index >= 15 is 0 Å². The highest BCUT2D eigenvalue weighted by Crippen LogP contribution is 2.61. The van der Waals surface area contributed by atoms with Crippen molar-refractivity contribution in [2.75, 3.05) is 7.11 Å². The predicted molar refractivity (Wildman–Crippen MR) is 90.2 cm³/mol. The van der Waals surface area contributed by atoms with E-state index in [0.29, 0.717) is 17.5 Å². The minimum atomic E-state index is -0.200. The molecule has 4 fully saturated rings. The highest BCUT2D eigenvalue weighted by atomic mass is 35.5. The van der Waals surface area contributed by atoms with Gasteiger partial charge in [0.25, 0.3) is 0 Å². The summed E-state index contributed by atoms with van der Waals surface area (Å²) in [6.07, 6.45) is 8.12. The number of aryl methyl sites for hydroxylation is 1. The lowest BCUT2D eigenvalue weighted by Crippen LogP contribution is -2.62. The van der Waals surface area contributed by atoms with Crippen LogP contribution in [0.1, 0.15) is 38.5 Å². The zero-order valence-corrected chi connectivity index (χ0v) is 14.7. The minimum Gasteiger partial charge on any atom is -0.378 e. The molecule has 4 bridgehead atoms. The molecule has 0 radical (unpaired) electrons. The molecule has 0 aromatic carbocycles. The van der Waals surface area contributed by atoms with E-state index in [4.69, 9.17) is 16.3 Å². The van der Waals surface area contributed by atoms with E-state index < -0.39 is 0 Å². The Balaban J connectivity index is 1.77. The van der Waals surface area contributed by atoms with Crippen LogP contribution in [0.5, 0.6) is 0 Å². The highest BCUT2D eigenvalue weighted by molar-refractivity contribution is 6.28. The molecule has 4 saturated carbocycles. The molecule has 0 amide bonds. The van der Waals surface area contributed by atoms with Gasteiger partial charge < -0.3 is 4.74 Å². The van der Waals surface area contributed by atoms with Crippen molar-refractivity contribution in [3.63, 3.8) is 0 Å². The van der Waals surface area contributed by atoms with Gasteiger partial charge in [-0.1, -0.05) is 0 Å². The third-order valence-electron chi connectivity index (χ3n) is 6.66. The zero-order valence-electron chi connectivity index (χ0n) is 14.0. The summed E-state index contributed by atoms with van der Waals surface area (Å²) >= 11 is 6.04. The molecule has 128 valence electrons. The second-order valence-corrected chi connectivity index (χ2v) is 8.44. The molecule has 0 saturated heterocycles. The van der Waals surface area contributed by atoms with E-state index in [1.54, 1.807) is 17.8 Å². The minimum absolute atomic E-state index is 0.0187. The van der Waals surface area contributed by atoms with Gasteiger partial charge in [-0.25, -0.2) is 9.78 Å². The van der Waals surface area contributed by atoms with E-state index in [9.17, 15) is 4.79 Å². The summed E-state index contributed by atoms with van der Waals surface area (Å²) in [5.74, 6) is 1.26. The summed E-state index contributed by atoms with van der Waals surface area (Å²) in [5, 5.41) is 0.188. The number of fused-ring (bicyclic) bond motifs is 1. The number of ether oxygens (including phenoxy) is 1. The molecule has 4 aliphatic rings. The summed E-state index contributed by atoms with van der Waals surface area (Å²) in [4.78, 5) is 21.6. The Morgan fingerprint density at radius 2 is 2.00 bits per heavy atom. The molecule has 6 nitrogen and oxygen atoms in total. The maximum absolute atomic E-state index is 13.1. The van der Waals surface area contributed by atoms with E-state index in [0.717, 1.165) is 37.6 Å². The first-order valence-corrected chi connectivity index (χ1v) is 8.99. The van der Waals surface area contributed by atoms with Crippen LogP contribution >= 0.6 is 11.6 Å². The van der Waals surface area contributed by atoms with Gasteiger partial charge in [0.05, 0.1) is 17.3 Å². The molecule has 0 aliphatic heterocycles. The summed E-state index contributed by atoms with van der Waals surface area (Å²) in [6.45, 7) is 0. The van der Waals surface area contributed by atoms with Gasteiger partial charge in [-0.15, -0.1) is 0 Å². The van der Waals surface area contributed by atoms with Gasteiger partial charge in [0.1, 0.15) is 5.52 Å². The first-order valence-electron chi connectivity index (χ1n) is 8.61. The normalized spacial score (nSPS) is 37.5. The summed E-state index contributed by atoms with van der Waals surface area (Å²) < 4.78 is 9.56. The molecule has 0 spiro atoms. The molecule has 4 aliphatic carbocycles. The maximum atomic E-state index is 13.1. The lowest BCUT2D eigenvalue weighted by Gasteiger charge is -2.61. The van der Waals surface area contributed by atoms with Crippen LogP contribution in [0.25, 0.3) is 11.2 Å². The number of hydrogen-bond acceptors (Lipinski definition) is 4. The fraction of sp³-hybridized carbons (Fsp3) is 0.706. The summed E-state index contributed by atoms with van der Waals surface area (Å²) in [6, 6.07) is 0. The number of aromatic nitrogens is 4. The van der Waals surface area contributed by atoms with Crippen molar-refractivity contribution in [1.29, 1.82) is 0 Å². The quantitative estimate of drug-likeness (QED) is 0.782. The Kier molecular flexibility index (Phi) is 2.86. The zero-order chi connectivity index (χ0) is 16.7. The van der Waals surface area contributed by atoms with Gasteiger partial charge in [0.15, 0.2) is 5.65 Å². The topological polar surface area (TPSA) is 61.9 Å². The number of imidazole rings is 1. The molecule has 0 N–H and O–H groups in total. The smallest absolute Gasteiger partial charge is 0.330 e. The van der Waals surface area contributed by atoms with Crippen molar-refractivity contribution in [2.45, 2.75) is 49.7 Å². The van der Waals surface area contributed by atoms with Crippen molar-refractivity contribution in [2.24, 2.45) is 18.9 Å². The predicted octanol–water partition coefficient (Wildman–Crippen LogP) is 2.48. The molecule has 2 aromatic rings. The van der Waals surface area contributed by atoms with Crippen LogP contribution in [0, 0.1) is 11.8 Å². The first kappa shape index (κ1) is 14.9. The molecule has 6 rings (SSSR count). The largest absolute Gasteiger partial charge is 0.378 e. The summed E-state index contributed by atoms with van der Waals surface area (Å²) in [5.41, 5.74) is 1.11. The van der Waals surface area contributed by atoms with E-state index in [-0.39, 0.29) is 22.1 Å². The number of hydrogen-bond donors (Lipinski definition) is 0. The van der Waals surface area contributed by atoms with Crippen LogP contribution in [-0.4, -0.2) is 31.8 Å². The van der Waals surface area contributed by atoms with Gasteiger partial charge in [-0.3, -0.25) is 9.13 Å². The number of halogens is 1. The van der Waals surface area contributed by atoms with Crippen molar-refractivity contribution in [3.05, 3.63) is 22.0 Å². The number of rotatable bonds is 2. The Hall–Kier alpha value is -1.40.